The van der Waals surface area contributed by atoms with E-state index in [4.69, 9.17) is 25.5 Å². The molecule has 2 heterocycles. The first kappa shape index (κ1) is 27.3. The van der Waals surface area contributed by atoms with Gasteiger partial charge in [-0.15, -0.1) is 0 Å². The molecule has 7 nitrogen and oxygen atoms in total. The molecule has 6 rings (SSSR count). The van der Waals surface area contributed by atoms with Crippen LogP contribution < -0.4 is 19.8 Å². The van der Waals surface area contributed by atoms with Crippen molar-refractivity contribution in [3.63, 3.8) is 0 Å². The highest BCUT2D eigenvalue weighted by molar-refractivity contribution is 6.31. The monoisotopic (exact) mass is 579 g/mol. The maximum absolute atomic E-state index is 14.0. The van der Waals surface area contributed by atoms with Crippen LogP contribution in [0.5, 0.6) is 11.5 Å². The number of nitrogens with zero attached hydrogens (tertiary/aromatic N) is 1. The first-order valence-corrected chi connectivity index (χ1v) is 13.9. The first-order valence-electron chi connectivity index (χ1n) is 13.5. The van der Waals surface area contributed by atoms with Crippen LogP contribution >= 0.6 is 11.6 Å². The Kier molecular flexibility index (Phi) is 7.27. The molecular formula is C34H26ClNO6. The third-order valence-corrected chi connectivity index (χ3v) is 7.44. The van der Waals surface area contributed by atoms with E-state index in [-0.39, 0.29) is 33.5 Å². The quantitative estimate of drug-likeness (QED) is 0.178. The van der Waals surface area contributed by atoms with Crippen molar-refractivity contribution in [3.05, 3.63) is 134 Å². The summed E-state index contributed by atoms with van der Waals surface area (Å²) >= 11 is 6.22. The van der Waals surface area contributed by atoms with E-state index in [0.29, 0.717) is 46.5 Å². The lowest BCUT2D eigenvalue weighted by molar-refractivity contribution is 0.0970. The normalized spacial score (nSPS) is 14.2. The highest BCUT2D eigenvalue weighted by Crippen LogP contribution is 2.43. The Hall–Kier alpha value is -4.88. The fraction of sp³-hybridized carbons (Fsp3) is 0.147. The molecule has 4 aromatic carbocycles. The van der Waals surface area contributed by atoms with Gasteiger partial charge in [-0.05, 0) is 79.6 Å². The number of ketones is 1. The number of anilines is 1. The van der Waals surface area contributed by atoms with Crippen LogP contribution in [-0.4, -0.2) is 18.3 Å². The molecule has 1 aliphatic heterocycles. The largest absolute Gasteiger partial charge is 0.490 e. The van der Waals surface area contributed by atoms with Crippen molar-refractivity contribution in [1.29, 1.82) is 0 Å². The number of rotatable bonds is 8. The van der Waals surface area contributed by atoms with Gasteiger partial charge in [0, 0.05) is 16.3 Å². The van der Waals surface area contributed by atoms with Crippen LogP contribution in [0.15, 0.2) is 100 Å². The molecule has 8 heteroatoms. The van der Waals surface area contributed by atoms with E-state index in [2.05, 4.69) is 0 Å². The standard InChI is InChI=1S/C34H26ClNO6/c1-3-40-29-17-23(11-15-28(29)41-19-21-7-5-4-6-8-21)31-30-32(38)26-18-24(35)12-16-27(26)42-33(30)34(39)36(31)25-13-9-22(10-14-25)20(2)37/h4-18,31H,3,19H2,1-2H3. The van der Waals surface area contributed by atoms with Crippen LogP contribution in [0.2, 0.25) is 5.02 Å². The highest BCUT2D eigenvalue weighted by Gasteiger charge is 2.44. The molecule has 5 aromatic rings. The molecule has 42 heavy (non-hydrogen) atoms. The summed E-state index contributed by atoms with van der Waals surface area (Å²) < 4.78 is 18.1. The van der Waals surface area contributed by atoms with Crippen LogP contribution in [-0.2, 0) is 6.61 Å². The maximum atomic E-state index is 14.0. The van der Waals surface area contributed by atoms with Gasteiger partial charge >= 0.3 is 0 Å². The minimum atomic E-state index is -0.835. The van der Waals surface area contributed by atoms with Gasteiger partial charge in [-0.25, -0.2) is 0 Å². The summed E-state index contributed by atoms with van der Waals surface area (Å²) in [4.78, 5) is 41.3. The van der Waals surface area contributed by atoms with Gasteiger partial charge in [0.15, 0.2) is 22.7 Å². The molecule has 0 aliphatic carbocycles. The number of halogens is 1. The lowest BCUT2D eigenvalue weighted by atomic mass is 9.97. The SMILES string of the molecule is CCOc1cc(C2c3c(oc4ccc(Cl)cc4c3=O)C(=O)N2c2ccc(C(C)=O)cc2)ccc1OCc1ccccc1. The Balaban J connectivity index is 1.50. The van der Waals surface area contributed by atoms with Crippen LogP contribution in [0.3, 0.4) is 0 Å². The number of carbonyl (C=O) groups excluding carboxylic acids is 2. The molecule has 0 spiro atoms. The van der Waals surface area contributed by atoms with Gasteiger partial charge in [-0.3, -0.25) is 19.3 Å². The Labute approximate surface area is 246 Å². The average molecular weight is 580 g/mol. The van der Waals surface area contributed by atoms with E-state index in [1.54, 1.807) is 54.6 Å². The van der Waals surface area contributed by atoms with Crippen molar-refractivity contribution in [2.75, 3.05) is 11.5 Å². The Bertz CT molecular complexity index is 1880. The van der Waals surface area contributed by atoms with Gasteiger partial charge < -0.3 is 13.9 Å². The number of benzene rings is 4. The zero-order valence-corrected chi connectivity index (χ0v) is 23.7. The molecule has 1 unspecified atom stereocenters. The number of amides is 1. The summed E-state index contributed by atoms with van der Waals surface area (Å²) in [5.74, 6) is 0.400. The summed E-state index contributed by atoms with van der Waals surface area (Å²) in [6, 6.07) is 25.7. The third-order valence-electron chi connectivity index (χ3n) is 7.20. The van der Waals surface area contributed by atoms with E-state index >= 15 is 0 Å². The molecule has 0 radical (unpaired) electrons. The second-order valence-corrected chi connectivity index (χ2v) is 10.3. The van der Waals surface area contributed by atoms with Crippen LogP contribution in [0, 0.1) is 0 Å². The third kappa shape index (κ3) is 4.92. The number of carbonyl (C=O) groups is 2. The topological polar surface area (TPSA) is 86.0 Å². The number of ether oxygens (including phenoxy) is 2. The van der Waals surface area contributed by atoms with E-state index in [9.17, 15) is 14.4 Å². The number of fused-ring (bicyclic) bond motifs is 2. The lowest BCUT2D eigenvalue weighted by Gasteiger charge is -2.26. The molecule has 1 aliphatic rings. The number of hydrogen-bond donors (Lipinski definition) is 0. The lowest BCUT2D eigenvalue weighted by Crippen LogP contribution is -2.29. The molecule has 0 fully saturated rings. The van der Waals surface area contributed by atoms with Gasteiger partial charge in [0.25, 0.3) is 5.91 Å². The molecule has 0 saturated carbocycles. The molecule has 210 valence electrons. The van der Waals surface area contributed by atoms with Gasteiger partial charge in [0.05, 0.1) is 23.6 Å². The Morgan fingerprint density at radius 3 is 2.38 bits per heavy atom. The fourth-order valence-electron chi connectivity index (χ4n) is 5.20. The van der Waals surface area contributed by atoms with E-state index in [1.807, 2.05) is 43.3 Å². The summed E-state index contributed by atoms with van der Waals surface area (Å²) in [5, 5.41) is 0.659. The number of Topliss-reactive ketones (excluding diaryl/α,β-unsaturated/α-hetero) is 1. The predicted molar refractivity (Wildman–Crippen MR) is 161 cm³/mol. The predicted octanol–water partition coefficient (Wildman–Crippen LogP) is 7.38. The molecule has 0 saturated heterocycles. The minimum Gasteiger partial charge on any atom is -0.490 e. The van der Waals surface area contributed by atoms with E-state index in [0.717, 1.165) is 5.56 Å². The van der Waals surface area contributed by atoms with Crippen molar-refractivity contribution in [3.8, 4) is 11.5 Å². The van der Waals surface area contributed by atoms with E-state index < -0.39 is 11.9 Å². The summed E-state index contributed by atoms with van der Waals surface area (Å²) in [6.45, 7) is 4.07. The molecule has 1 aromatic heterocycles. The summed E-state index contributed by atoms with van der Waals surface area (Å²) in [5.41, 5.74) is 2.76. The summed E-state index contributed by atoms with van der Waals surface area (Å²) in [7, 11) is 0. The molecule has 0 bridgehead atoms. The molecular weight excluding hydrogens is 554 g/mol. The average Bonchev–Trinajstić information content (AvgIpc) is 3.29. The number of hydrogen-bond acceptors (Lipinski definition) is 6. The first-order chi connectivity index (χ1) is 20.4. The molecule has 1 amide bonds. The maximum Gasteiger partial charge on any atom is 0.295 e. The van der Waals surface area contributed by atoms with Crippen molar-refractivity contribution in [1.82, 2.24) is 0 Å². The molecule has 1 atom stereocenters. The van der Waals surface area contributed by atoms with Crippen molar-refractivity contribution < 1.29 is 23.5 Å². The fourth-order valence-corrected chi connectivity index (χ4v) is 5.37. The zero-order chi connectivity index (χ0) is 29.4. The Morgan fingerprint density at radius 2 is 1.67 bits per heavy atom. The second kappa shape index (κ2) is 11.2. The van der Waals surface area contributed by atoms with Gasteiger partial charge in [-0.2, -0.15) is 0 Å². The molecule has 0 N–H and O–H groups in total. The van der Waals surface area contributed by atoms with Crippen molar-refractivity contribution >= 4 is 39.9 Å². The van der Waals surface area contributed by atoms with Gasteiger partial charge in [0.2, 0.25) is 5.76 Å². The van der Waals surface area contributed by atoms with Gasteiger partial charge in [-0.1, -0.05) is 48.0 Å². The highest BCUT2D eigenvalue weighted by atomic mass is 35.5. The van der Waals surface area contributed by atoms with Crippen LogP contribution in [0.4, 0.5) is 5.69 Å². The Morgan fingerprint density at radius 1 is 0.905 bits per heavy atom. The van der Waals surface area contributed by atoms with Crippen LogP contribution in [0.25, 0.3) is 11.0 Å². The van der Waals surface area contributed by atoms with Crippen LogP contribution in [0.1, 0.15) is 57.5 Å². The smallest absolute Gasteiger partial charge is 0.295 e. The van der Waals surface area contributed by atoms with Gasteiger partial charge in [0.1, 0.15) is 12.2 Å². The second-order valence-electron chi connectivity index (χ2n) is 9.91. The summed E-state index contributed by atoms with van der Waals surface area (Å²) in [6.07, 6.45) is 0. The van der Waals surface area contributed by atoms with E-state index in [1.165, 1.54) is 11.8 Å². The minimum absolute atomic E-state index is 0.0437. The van der Waals surface area contributed by atoms with Crippen molar-refractivity contribution in [2.24, 2.45) is 0 Å². The zero-order valence-electron chi connectivity index (χ0n) is 22.9. The van der Waals surface area contributed by atoms with Crippen molar-refractivity contribution in [2.45, 2.75) is 26.5 Å².